The van der Waals surface area contributed by atoms with Crippen molar-refractivity contribution in [3.8, 4) is 11.3 Å². The zero-order valence-electron chi connectivity index (χ0n) is 17.0. The summed E-state index contributed by atoms with van der Waals surface area (Å²) in [5.74, 6) is -0.574. The van der Waals surface area contributed by atoms with Crippen LogP contribution in [0.3, 0.4) is 0 Å². The minimum atomic E-state index is -0.370. The quantitative estimate of drug-likeness (QED) is 0.677. The summed E-state index contributed by atoms with van der Waals surface area (Å²) in [6.45, 7) is 1.82. The summed E-state index contributed by atoms with van der Waals surface area (Å²) in [4.78, 5) is 29.1. The Morgan fingerprint density at radius 2 is 2.03 bits per heavy atom. The summed E-state index contributed by atoms with van der Waals surface area (Å²) in [6.07, 6.45) is 4.53. The number of benzene rings is 1. The van der Waals surface area contributed by atoms with Gasteiger partial charge in [-0.1, -0.05) is 6.92 Å². The first-order valence-corrected chi connectivity index (χ1v) is 10.1. The summed E-state index contributed by atoms with van der Waals surface area (Å²) < 4.78 is 14.7. The second kappa shape index (κ2) is 8.22. The Morgan fingerprint density at radius 3 is 2.77 bits per heavy atom. The molecule has 0 saturated heterocycles. The van der Waals surface area contributed by atoms with Gasteiger partial charge < -0.3 is 15.2 Å². The predicted octanol–water partition coefficient (Wildman–Crippen LogP) is 3.28. The average Bonchev–Trinajstić information content (AvgIpc) is 3.43. The summed E-state index contributed by atoms with van der Waals surface area (Å²) in [5, 5.41) is 11.6. The van der Waals surface area contributed by atoms with Crippen LogP contribution in [0.4, 0.5) is 4.39 Å². The number of H-pyrrole nitrogens is 1. The highest BCUT2D eigenvalue weighted by atomic mass is 19.1. The molecule has 8 heteroatoms. The van der Waals surface area contributed by atoms with Crippen molar-refractivity contribution in [3.63, 3.8) is 0 Å². The van der Waals surface area contributed by atoms with Gasteiger partial charge in [0.1, 0.15) is 5.82 Å². The molecule has 1 aromatic carbocycles. The highest BCUT2D eigenvalue weighted by Gasteiger charge is 2.31. The molecule has 0 bridgehead atoms. The van der Waals surface area contributed by atoms with Gasteiger partial charge in [-0.25, -0.2) is 4.39 Å². The van der Waals surface area contributed by atoms with E-state index in [2.05, 4.69) is 20.5 Å². The van der Waals surface area contributed by atoms with Crippen LogP contribution in [-0.2, 0) is 4.79 Å². The normalized spacial score (nSPS) is 18.5. The van der Waals surface area contributed by atoms with Crippen molar-refractivity contribution in [3.05, 3.63) is 48.0 Å². The molecule has 4 rings (SSSR count). The van der Waals surface area contributed by atoms with Crippen LogP contribution in [0, 0.1) is 5.82 Å². The lowest BCUT2D eigenvalue weighted by Crippen LogP contribution is -2.38. The molecule has 7 nitrogen and oxygen atoms in total. The van der Waals surface area contributed by atoms with E-state index in [1.54, 1.807) is 48.5 Å². The molecule has 0 aliphatic heterocycles. The Hall–Kier alpha value is -3.29. The summed E-state index contributed by atoms with van der Waals surface area (Å²) in [7, 11) is 1.74. The molecule has 1 fully saturated rings. The van der Waals surface area contributed by atoms with Crippen LogP contribution in [0.15, 0.2) is 36.5 Å². The smallest absolute Gasteiger partial charge is 0.274 e. The number of amides is 2. The fraction of sp³-hybridized carbons (Fsp3) is 0.364. The number of aromatic amines is 1. The zero-order valence-corrected chi connectivity index (χ0v) is 17.0. The van der Waals surface area contributed by atoms with Gasteiger partial charge in [0.25, 0.3) is 5.91 Å². The molecular formula is C22H24FN5O2. The fourth-order valence-corrected chi connectivity index (χ4v) is 4.00. The number of nitrogens with zero attached hydrogens (tertiary/aromatic N) is 3. The van der Waals surface area contributed by atoms with E-state index in [1.807, 2.05) is 6.92 Å². The zero-order chi connectivity index (χ0) is 21.3. The van der Waals surface area contributed by atoms with Gasteiger partial charge in [0, 0.05) is 48.2 Å². The molecule has 1 saturated carbocycles. The van der Waals surface area contributed by atoms with Crippen LogP contribution < -0.4 is 5.32 Å². The molecule has 0 spiro atoms. The molecule has 0 radical (unpaired) electrons. The molecule has 156 valence electrons. The first-order chi connectivity index (χ1) is 14.5. The van der Waals surface area contributed by atoms with Crippen molar-refractivity contribution in [2.24, 2.45) is 0 Å². The lowest BCUT2D eigenvalue weighted by molar-refractivity contribution is -0.121. The maximum absolute atomic E-state index is 14.7. The maximum atomic E-state index is 14.7. The molecule has 1 aliphatic rings. The van der Waals surface area contributed by atoms with E-state index in [-0.39, 0.29) is 35.4 Å². The van der Waals surface area contributed by atoms with E-state index >= 15 is 0 Å². The summed E-state index contributed by atoms with van der Waals surface area (Å²) in [5.41, 5.74) is 1.64. The van der Waals surface area contributed by atoms with Gasteiger partial charge >= 0.3 is 0 Å². The number of rotatable bonds is 5. The van der Waals surface area contributed by atoms with E-state index in [0.717, 1.165) is 19.3 Å². The van der Waals surface area contributed by atoms with Crippen molar-refractivity contribution < 1.29 is 14.0 Å². The number of halogens is 1. The number of hydrogen-bond acceptors (Lipinski definition) is 4. The largest absolute Gasteiger partial charge is 0.361 e. The van der Waals surface area contributed by atoms with Gasteiger partial charge in [-0.15, -0.1) is 10.2 Å². The Bertz CT molecular complexity index is 1080. The molecule has 2 N–H and O–H groups in total. The first-order valence-electron chi connectivity index (χ1n) is 10.1. The molecule has 30 heavy (non-hydrogen) atoms. The number of carbonyl (C=O) groups excluding carboxylic acids is 2. The Morgan fingerprint density at radius 1 is 1.20 bits per heavy atom. The molecule has 1 aliphatic carbocycles. The van der Waals surface area contributed by atoms with Gasteiger partial charge in [0.15, 0.2) is 5.69 Å². The van der Waals surface area contributed by atoms with Crippen LogP contribution in [0.1, 0.15) is 43.1 Å². The van der Waals surface area contributed by atoms with Gasteiger partial charge in [0.05, 0.1) is 5.69 Å². The van der Waals surface area contributed by atoms with Crippen LogP contribution in [0.5, 0.6) is 0 Å². The number of aromatic nitrogens is 3. The van der Waals surface area contributed by atoms with E-state index < -0.39 is 0 Å². The van der Waals surface area contributed by atoms with Crippen molar-refractivity contribution in [2.75, 3.05) is 7.05 Å². The van der Waals surface area contributed by atoms with E-state index in [9.17, 15) is 14.0 Å². The number of nitrogens with one attached hydrogen (secondary N) is 2. The van der Waals surface area contributed by atoms with Crippen LogP contribution in [0.2, 0.25) is 0 Å². The summed E-state index contributed by atoms with van der Waals surface area (Å²) in [6, 6.07) is 8.43. The van der Waals surface area contributed by atoms with Crippen LogP contribution in [0.25, 0.3) is 22.2 Å². The van der Waals surface area contributed by atoms with Crippen molar-refractivity contribution >= 4 is 22.7 Å². The van der Waals surface area contributed by atoms with Crippen molar-refractivity contribution in [1.29, 1.82) is 0 Å². The third-order valence-electron chi connectivity index (χ3n) is 5.79. The fourth-order valence-electron chi connectivity index (χ4n) is 4.00. The molecular weight excluding hydrogens is 385 g/mol. The number of fused-ring (bicyclic) bond motifs is 1. The lowest BCUT2D eigenvalue weighted by Gasteiger charge is -2.24. The highest BCUT2D eigenvalue weighted by molar-refractivity contribution is 5.92. The van der Waals surface area contributed by atoms with Crippen LogP contribution in [-0.4, -0.2) is 51.0 Å². The van der Waals surface area contributed by atoms with E-state index in [4.69, 9.17) is 0 Å². The van der Waals surface area contributed by atoms with Gasteiger partial charge in [-0.05, 0) is 49.6 Å². The summed E-state index contributed by atoms with van der Waals surface area (Å²) >= 11 is 0. The van der Waals surface area contributed by atoms with E-state index in [1.165, 1.54) is 0 Å². The number of carbonyl (C=O) groups is 2. The van der Waals surface area contributed by atoms with Crippen molar-refractivity contribution in [1.82, 2.24) is 25.4 Å². The number of hydrogen-bond donors (Lipinski definition) is 2. The topological polar surface area (TPSA) is 91.0 Å². The van der Waals surface area contributed by atoms with E-state index in [0.29, 0.717) is 28.6 Å². The maximum Gasteiger partial charge on any atom is 0.274 e. The standard InChI is InChI=1S/C22H24FN5O2/c1-3-20(29)25-13-4-5-14(12-13)28(2)22(30)19-9-8-18(26-27-19)15-6-7-17-16(21(15)23)10-11-24-17/h6-11,13-14,24H,3-5,12H2,1-2H3,(H,25,29)/t13?,14-/m0/s1. The first kappa shape index (κ1) is 20.0. The third kappa shape index (κ3) is 3.77. The SMILES string of the molecule is CCC(=O)NC1CC[C@H](N(C)C(=O)c2ccc(-c3ccc4[nH]ccc4c3F)nn2)C1. The predicted molar refractivity (Wildman–Crippen MR) is 111 cm³/mol. The van der Waals surface area contributed by atoms with Gasteiger partial charge in [0.2, 0.25) is 5.91 Å². The Labute approximate surface area is 173 Å². The minimum absolute atomic E-state index is 0.0288. The molecule has 2 amide bonds. The molecule has 2 heterocycles. The van der Waals surface area contributed by atoms with Gasteiger partial charge in [-0.2, -0.15) is 0 Å². The Kier molecular flexibility index (Phi) is 5.48. The second-order valence-electron chi connectivity index (χ2n) is 7.67. The lowest BCUT2D eigenvalue weighted by atomic mass is 10.1. The molecule has 3 aromatic rings. The average molecular weight is 409 g/mol. The Balaban J connectivity index is 1.46. The van der Waals surface area contributed by atoms with Crippen LogP contribution >= 0.6 is 0 Å². The highest BCUT2D eigenvalue weighted by Crippen LogP contribution is 2.28. The molecule has 2 atom stereocenters. The third-order valence-corrected chi connectivity index (χ3v) is 5.79. The van der Waals surface area contributed by atoms with Gasteiger partial charge in [-0.3, -0.25) is 9.59 Å². The van der Waals surface area contributed by atoms with Crippen molar-refractivity contribution in [2.45, 2.75) is 44.7 Å². The second-order valence-corrected chi connectivity index (χ2v) is 7.67. The monoisotopic (exact) mass is 409 g/mol. The molecule has 2 aromatic heterocycles. The minimum Gasteiger partial charge on any atom is -0.361 e. The molecule has 1 unspecified atom stereocenters.